The molecule has 124 valence electrons. The van der Waals surface area contributed by atoms with Crippen LogP contribution in [0.3, 0.4) is 0 Å². The number of carbonyl (C=O) groups is 1. The Kier molecular flexibility index (Phi) is 4.92. The second-order valence-corrected chi connectivity index (χ2v) is 5.85. The van der Waals surface area contributed by atoms with Gasteiger partial charge in [-0.25, -0.2) is 0 Å². The number of carbonyl (C=O) groups excluding carboxylic acids is 1. The highest BCUT2D eigenvalue weighted by molar-refractivity contribution is 6.45. The molecule has 0 fully saturated rings. The minimum atomic E-state index is -0.237. The Morgan fingerprint density at radius 3 is 2.58 bits per heavy atom. The van der Waals surface area contributed by atoms with Gasteiger partial charge in [0.1, 0.15) is 6.61 Å². The third-order valence-corrected chi connectivity index (χ3v) is 4.11. The molecule has 0 saturated heterocycles. The zero-order chi connectivity index (χ0) is 17.1. The summed E-state index contributed by atoms with van der Waals surface area (Å²) >= 11 is 12.2. The van der Waals surface area contributed by atoms with Crippen molar-refractivity contribution in [2.75, 3.05) is 6.79 Å². The largest absolute Gasteiger partial charge is 0.454 e. The summed E-state index contributed by atoms with van der Waals surface area (Å²) in [5, 5.41) is 4.90. The van der Waals surface area contributed by atoms with Gasteiger partial charge in [0.05, 0.1) is 0 Å². The molecule has 0 radical (unpaired) electrons. The predicted molar refractivity (Wildman–Crippen MR) is 91.0 cm³/mol. The molecule has 2 aromatic carbocycles. The monoisotopic (exact) mass is 365 g/mol. The minimum absolute atomic E-state index is 0.0554. The number of fused-ring (bicyclic) bond motifs is 1. The smallest absolute Gasteiger partial charge is 0.231 e. The van der Waals surface area contributed by atoms with E-state index < -0.39 is 0 Å². The van der Waals surface area contributed by atoms with Crippen LogP contribution in [0.25, 0.3) is 0 Å². The van der Waals surface area contributed by atoms with E-state index >= 15 is 0 Å². The van der Waals surface area contributed by atoms with Crippen molar-refractivity contribution in [1.29, 1.82) is 0 Å². The molecule has 0 unspecified atom stereocenters. The van der Waals surface area contributed by atoms with Gasteiger partial charge in [-0.1, -0.05) is 34.4 Å². The van der Waals surface area contributed by atoms with Gasteiger partial charge in [0, 0.05) is 28.1 Å². The summed E-state index contributed by atoms with van der Waals surface area (Å²) in [6, 6.07) is 10.3. The van der Waals surface area contributed by atoms with Crippen molar-refractivity contribution in [3.8, 4) is 11.5 Å². The maximum Gasteiger partial charge on any atom is 0.231 e. The Labute approximate surface area is 148 Å². The van der Waals surface area contributed by atoms with Crippen molar-refractivity contribution in [2.24, 2.45) is 5.16 Å². The highest BCUT2D eigenvalue weighted by Gasteiger charge is 2.18. The van der Waals surface area contributed by atoms with Gasteiger partial charge in [-0.05, 0) is 30.3 Å². The van der Waals surface area contributed by atoms with Gasteiger partial charge >= 0.3 is 0 Å². The van der Waals surface area contributed by atoms with Gasteiger partial charge in [0.25, 0.3) is 0 Å². The molecule has 0 N–H and O–H groups in total. The van der Waals surface area contributed by atoms with Crippen LogP contribution >= 0.6 is 23.2 Å². The van der Waals surface area contributed by atoms with Gasteiger partial charge in [0.15, 0.2) is 23.0 Å². The van der Waals surface area contributed by atoms with Crippen LogP contribution in [0.5, 0.6) is 11.5 Å². The lowest BCUT2D eigenvalue weighted by Crippen LogP contribution is -2.12. The maximum absolute atomic E-state index is 11.9. The average Bonchev–Trinajstić information content (AvgIpc) is 3.01. The molecule has 24 heavy (non-hydrogen) atoms. The summed E-state index contributed by atoms with van der Waals surface area (Å²) < 4.78 is 10.6. The number of ether oxygens (including phenoxy) is 2. The van der Waals surface area contributed by atoms with Gasteiger partial charge in [-0.3, -0.25) is 4.79 Å². The highest BCUT2D eigenvalue weighted by atomic mass is 35.5. The van der Waals surface area contributed by atoms with Crippen LogP contribution in [-0.2, 0) is 16.2 Å². The van der Waals surface area contributed by atoms with Crippen molar-refractivity contribution >= 4 is 34.7 Å². The zero-order valence-corrected chi connectivity index (χ0v) is 14.2. The van der Waals surface area contributed by atoms with Crippen molar-refractivity contribution in [3.63, 3.8) is 0 Å². The molecule has 0 saturated carbocycles. The topological polar surface area (TPSA) is 57.1 Å². The van der Waals surface area contributed by atoms with E-state index in [1.165, 1.54) is 6.92 Å². The summed E-state index contributed by atoms with van der Waals surface area (Å²) in [4.78, 5) is 17.2. The predicted octanol–water partition coefficient (Wildman–Crippen LogP) is 4.23. The Bertz CT molecular complexity index is 800. The van der Waals surface area contributed by atoms with E-state index in [1.54, 1.807) is 36.4 Å². The van der Waals surface area contributed by atoms with Gasteiger partial charge in [-0.15, -0.1) is 0 Å². The second kappa shape index (κ2) is 7.11. The van der Waals surface area contributed by atoms with Gasteiger partial charge in [0.2, 0.25) is 6.79 Å². The molecule has 0 atom stereocenters. The van der Waals surface area contributed by atoms with Crippen LogP contribution < -0.4 is 9.47 Å². The molecule has 0 aliphatic carbocycles. The summed E-state index contributed by atoms with van der Waals surface area (Å²) in [6.07, 6.45) is 0. The van der Waals surface area contributed by atoms with Crippen molar-refractivity contribution in [1.82, 2.24) is 0 Å². The molecule has 7 heteroatoms. The molecule has 1 heterocycles. The maximum atomic E-state index is 11.9. The summed E-state index contributed by atoms with van der Waals surface area (Å²) in [5.74, 6) is 0.958. The lowest BCUT2D eigenvalue weighted by atomic mass is 10.1. The normalized spacial score (nSPS) is 13.0. The van der Waals surface area contributed by atoms with Crippen LogP contribution in [0, 0.1) is 0 Å². The molecule has 2 aromatic rings. The van der Waals surface area contributed by atoms with E-state index in [0.29, 0.717) is 32.7 Å². The Balaban J connectivity index is 1.81. The number of halogens is 2. The van der Waals surface area contributed by atoms with Crippen LogP contribution in [0.1, 0.15) is 18.1 Å². The SMILES string of the molecule is CC(=O)/C(=N\OCc1c(Cl)cccc1Cl)c1ccc2c(c1)OCO2. The standard InChI is InChI=1S/C17H13Cl2NO4/c1-10(21)17(11-5-6-15-16(7-11)23-9-22-15)20-24-8-12-13(18)3-2-4-14(12)19/h2-7H,8-9H2,1H3/b20-17+. The van der Waals surface area contributed by atoms with Crippen molar-refractivity contribution in [3.05, 3.63) is 57.6 Å². The molecule has 0 spiro atoms. The van der Waals surface area contributed by atoms with E-state index in [2.05, 4.69) is 5.16 Å². The Morgan fingerprint density at radius 2 is 1.88 bits per heavy atom. The number of hydrogen-bond acceptors (Lipinski definition) is 5. The second-order valence-electron chi connectivity index (χ2n) is 5.04. The molecular formula is C17H13Cl2NO4. The molecule has 3 rings (SSSR count). The Hall–Kier alpha value is -2.24. The van der Waals surface area contributed by atoms with Crippen LogP contribution in [0.4, 0.5) is 0 Å². The lowest BCUT2D eigenvalue weighted by molar-refractivity contribution is -0.111. The first-order valence-electron chi connectivity index (χ1n) is 7.10. The Morgan fingerprint density at radius 1 is 1.17 bits per heavy atom. The third kappa shape index (κ3) is 3.47. The first-order chi connectivity index (χ1) is 11.6. The first kappa shape index (κ1) is 16.6. The number of ketones is 1. The molecule has 1 aliphatic heterocycles. The van der Waals surface area contributed by atoms with Crippen LogP contribution in [0.15, 0.2) is 41.6 Å². The van der Waals surface area contributed by atoms with Gasteiger partial charge < -0.3 is 14.3 Å². The molecule has 0 bridgehead atoms. The number of nitrogens with zero attached hydrogens (tertiary/aromatic N) is 1. The van der Waals surface area contributed by atoms with E-state index in [-0.39, 0.29) is 24.9 Å². The molecule has 0 amide bonds. The summed E-state index contributed by atoms with van der Waals surface area (Å²) in [7, 11) is 0. The lowest BCUT2D eigenvalue weighted by Gasteiger charge is -2.07. The van der Waals surface area contributed by atoms with E-state index in [0.717, 1.165) is 0 Å². The highest BCUT2D eigenvalue weighted by Crippen LogP contribution is 2.33. The molecular weight excluding hydrogens is 353 g/mol. The fourth-order valence-electron chi connectivity index (χ4n) is 2.20. The fraction of sp³-hybridized carbons (Fsp3) is 0.176. The number of oxime groups is 1. The number of rotatable bonds is 5. The minimum Gasteiger partial charge on any atom is -0.454 e. The molecule has 1 aliphatic rings. The van der Waals surface area contributed by atoms with Crippen molar-refractivity contribution in [2.45, 2.75) is 13.5 Å². The van der Waals surface area contributed by atoms with Crippen LogP contribution in [0.2, 0.25) is 10.0 Å². The average molecular weight is 366 g/mol. The van der Waals surface area contributed by atoms with Crippen LogP contribution in [-0.4, -0.2) is 18.3 Å². The number of hydrogen-bond donors (Lipinski definition) is 0. The molecule has 5 nitrogen and oxygen atoms in total. The van der Waals surface area contributed by atoms with Crippen molar-refractivity contribution < 1.29 is 19.1 Å². The van der Waals surface area contributed by atoms with E-state index in [4.69, 9.17) is 37.5 Å². The molecule has 0 aromatic heterocycles. The third-order valence-electron chi connectivity index (χ3n) is 3.41. The number of Topliss-reactive ketones (excluding diaryl/α,β-unsaturated/α-hetero) is 1. The zero-order valence-electron chi connectivity index (χ0n) is 12.7. The van der Waals surface area contributed by atoms with Gasteiger partial charge in [-0.2, -0.15) is 0 Å². The van der Waals surface area contributed by atoms with E-state index in [1.807, 2.05) is 0 Å². The summed E-state index contributed by atoms with van der Waals surface area (Å²) in [5.41, 5.74) is 1.37. The first-order valence-corrected chi connectivity index (χ1v) is 7.85. The fourth-order valence-corrected chi connectivity index (χ4v) is 2.70. The summed E-state index contributed by atoms with van der Waals surface area (Å²) in [6.45, 7) is 1.63. The van der Waals surface area contributed by atoms with E-state index in [9.17, 15) is 4.79 Å². The number of benzene rings is 2. The quantitative estimate of drug-likeness (QED) is 0.587.